The van der Waals surface area contributed by atoms with Crippen LogP contribution in [0.1, 0.15) is 5.56 Å². The maximum absolute atomic E-state index is 11.3. The number of carbonyl (C=O) groups excluding carboxylic acids is 1. The van der Waals surface area contributed by atoms with E-state index in [-0.39, 0.29) is 5.78 Å². The molecular weight excluding hydrogens is 188 g/mol. The van der Waals surface area contributed by atoms with E-state index in [2.05, 4.69) is 0 Å². The molecule has 0 heterocycles. The monoisotopic (exact) mass is 202 g/mol. The normalized spacial score (nSPS) is 11.3. The zero-order valence-corrected chi connectivity index (χ0v) is 8.72. The number of hydrogen-bond acceptors (Lipinski definition) is 2. The molecule has 0 aromatic heterocycles. The first kappa shape index (κ1) is 11.4. The van der Waals surface area contributed by atoms with Crippen LogP contribution in [0.5, 0.6) is 0 Å². The van der Waals surface area contributed by atoms with Crippen LogP contribution in [0, 0.1) is 0 Å². The van der Waals surface area contributed by atoms with E-state index >= 15 is 0 Å². The van der Waals surface area contributed by atoms with Crippen LogP contribution in [0.3, 0.4) is 0 Å². The van der Waals surface area contributed by atoms with Crippen molar-refractivity contribution < 1.29 is 9.53 Å². The number of rotatable bonds is 5. The quantitative estimate of drug-likeness (QED) is 0.686. The van der Waals surface area contributed by atoms with Gasteiger partial charge in [-0.05, 0) is 17.7 Å². The predicted octanol–water partition coefficient (Wildman–Crippen LogP) is 2.47. The van der Waals surface area contributed by atoms with Crippen LogP contribution in [0.2, 0.25) is 0 Å². The predicted molar refractivity (Wildman–Crippen MR) is 61.5 cm³/mol. The van der Waals surface area contributed by atoms with Crippen molar-refractivity contribution in [2.45, 2.75) is 0 Å². The molecule has 0 saturated carbocycles. The van der Waals surface area contributed by atoms with Gasteiger partial charge in [-0.3, -0.25) is 4.79 Å². The molecule has 0 aliphatic rings. The van der Waals surface area contributed by atoms with Crippen LogP contribution in [-0.2, 0) is 9.53 Å². The molecule has 0 saturated heterocycles. The van der Waals surface area contributed by atoms with Gasteiger partial charge in [-0.25, -0.2) is 0 Å². The summed E-state index contributed by atoms with van der Waals surface area (Å²) in [5.41, 5.74) is 1.02. The summed E-state index contributed by atoms with van der Waals surface area (Å²) in [6, 6.07) is 9.71. The van der Waals surface area contributed by atoms with Crippen LogP contribution in [0.25, 0.3) is 6.08 Å². The molecule has 0 unspecified atom stereocenters. The van der Waals surface area contributed by atoms with Crippen LogP contribution >= 0.6 is 0 Å². The average Bonchev–Trinajstić information content (AvgIpc) is 2.28. The van der Waals surface area contributed by atoms with Gasteiger partial charge in [0.1, 0.15) is 0 Å². The fourth-order valence-electron chi connectivity index (χ4n) is 1.06. The van der Waals surface area contributed by atoms with Gasteiger partial charge in [0.2, 0.25) is 0 Å². The average molecular weight is 202 g/mol. The molecule has 78 valence electrons. The second-order valence-corrected chi connectivity index (χ2v) is 3.00. The van der Waals surface area contributed by atoms with E-state index in [0.717, 1.165) is 5.56 Å². The van der Waals surface area contributed by atoms with Gasteiger partial charge in [-0.2, -0.15) is 0 Å². The lowest BCUT2D eigenvalue weighted by Crippen LogP contribution is -1.87. The summed E-state index contributed by atoms with van der Waals surface area (Å²) in [6.45, 7) is 0.463. The zero-order chi connectivity index (χ0) is 10.9. The van der Waals surface area contributed by atoms with Crippen LogP contribution < -0.4 is 0 Å². The van der Waals surface area contributed by atoms with Crippen molar-refractivity contribution in [2.24, 2.45) is 0 Å². The summed E-state index contributed by atoms with van der Waals surface area (Å²) < 4.78 is 4.79. The molecule has 2 nitrogen and oxygen atoms in total. The van der Waals surface area contributed by atoms with Crippen molar-refractivity contribution in [3.05, 3.63) is 54.1 Å². The molecule has 1 rings (SSSR count). The SMILES string of the molecule is COC/C=C/C(=O)/C=C/c1ccccc1. The van der Waals surface area contributed by atoms with Crippen molar-refractivity contribution in [2.75, 3.05) is 13.7 Å². The number of ether oxygens (including phenoxy) is 1. The number of ketones is 1. The first-order chi connectivity index (χ1) is 7.33. The molecule has 0 aliphatic heterocycles. The lowest BCUT2D eigenvalue weighted by Gasteiger charge is -1.90. The number of allylic oxidation sites excluding steroid dienone is 2. The van der Waals surface area contributed by atoms with E-state index in [1.54, 1.807) is 25.3 Å². The molecule has 1 aromatic carbocycles. The second-order valence-electron chi connectivity index (χ2n) is 3.00. The molecule has 0 spiro atoms. The van der Waals surface area contributed by atoms with Gasteiger partial charge >= 0.3 is 0 Å². The third-order valence-electron chi connectivity index (χ3n) is 1.78. The highest BCUT2D eigenvalue weighted by molar-refractivity contribution is 6.01. The van der Waals surface area contributed by atoms with E-state index in [4.69, 9.17) is 4.74 Å². The molecule has 2 heteroatoms. The zero-order valence-electron chi connectivity index (χ0n) is 8.72. The van der Waals surface area contributed by atoms with E-state index < -0.39 is 0 Å². The molecule has 0 amide bonds. The second kappa shape index (κ2) is 6.74. The highest BCUT2D eigenvalue weighted by Crippen LogP contribution is 2.00. The summed E-state index contributed by atoms with van der Waals surface area (Å²) in [7, 11) is 1.59. The minimum Gasteiger partial charge on any atom is -0.381 e. The highest BCUT2D eigenvalue weighted by Gasteiger charge is 1.88. The Hall–Kier alpha value is -1.67. The lowest BCUT2D eigenvalue weighted by molar-refractivity contribution is -0.110. The van der Waals surface area contributed by atoms with Crippen molar-refractivity contribution in [1.29, 1.82) is 0 Å². The lowest BCUT2D eigenvalue weighted by atomic mass is 10.2. The molecule has 1 aromatic rings. The van der Waals surface area contributed by atoms with E-state index in [1.165, 1.54) is 6.08 Å². The summed E-state index contributed by atoms with van der Waals surface area (Å²) in [6.07, 6.45) is 6.53. The van der Waals surface area contributed by atoms with Crippen LogP contribution in [-0.4, -0.2) is 19.5 Å². The summed E-state index contributed by atoms with van der Waals surface area (Å²) in [5.74, 6) is -0.0316. The van der Waals surface area contributed by atoms with Gasteiger partial charge in [0, 0.05) is 7.11 Å². The van der Waals surface area contributed by atoms with E-state index in [0.29, 0.717) is 6.61 Å². The first-order valence-corrected chi connectivity index (χ1v) is 4.75. The van der Waals surface area contributed by atoms with Crippen LogP contribution in [0.4, 0.5) is 0 Å². The minimum atomic E-state index is -0.0316. The van der Waals surface area contributed by atoms with Crippen molar-refractivity contribution in [3.63, 3.8) is 0 Å². The van der Waals surface area contributed by atoms with E-state index in [1.807, 2.05) is 30.3 Å². The van der Waals surface area contributed by atoms with Crippen molar-refractivity contribution in [1.82, 2.24) is 0 Å². The smallest absolute Gasteiger partial charge is 0.178 e. The Labute approximate surface area is 89.9 Å². The maximum atomic E-state index is 11.3. The van der Waals surface area contributed by atoms with Gasteiger partial charge in [0.25, 0.3) is 0 Å². The molecule has 0 radical (unpaired) electrons. The van der Waals surface area contributed by atoms with Gasteiger partial charge in [-0.1, -0.05) is 42.5 Å². The molecular formula is C13H14O2. The Morgan fingerprint density at radius 1 is 1.27 bits per heavy atom. The summed E-state index contributed by atoms with van der Waals surface area (Å²) >= 11 is 0. The van der Waals surface area contributed by atoms with Crippen molar-refractivity contribution >= 4 is 11.9 Å². The minimum absolute atomic E-state index is 0.0316. The number of methoxy groups -OCH3 is 1. The van der Waals surface area contributed by atoms with Gasteiger partial charge in [0.05, 0.1) is 6.61 Å². The number of carbonyl (C=O) groups is 1. The van der Waals surface area contributed by atoms with Gasteiger partial charge in [0.15, 0.2) is 5.78 Å². The standard InChI is InChI=1S/C13H14O2/c1-15-11-5-8-13(14)10-9-12-6-3-2-4-7-12/h2-10H,11H2,1H3/b8-5+,10-9+. The molecule has 0 bridgehead atoms. The summed E-state index contributed by atoms with van der Waals surface area (Å²) in [4.78, 5) is 11.3. The molecule has 15 heavy (non-hydrogen) atoms. The van der Waals surface area contributed by atoms with E-state index in [9.17, 15) is 4.79 Å². The Kier molecular flexibility index (Phi) is 5.12. The maximum Gasteiger partial charge on any atom is 0.178 e. The summed E-state index contributed by atoms with van der Waals surface area (Å²) in [5, 5.41) is 0. The fourth-order valence-corrected chi connectivity index (χ4v) is 1.06. The third-order valence-corrected chi connectivity index (χ3v) is 1.78. The van der Waals surface area contributed by atoms with Gasteiger partial charge < -0.3 is 4.74 Å². The molecule has 0 N–H and O–H groups in total. The Bertz CT molecular complexity index is 350. The number of hydrogen-bond donors (Lipinski definition) is 0. The highest BCUT2D eigenvalue weighted by atomic mass is 16.5. The van der Waals surface area contributed by atoms with Gasteiger partial charge in [-0.15, -0.1) is 0 Å². The topological polar surface area (TPSA) is 26.3 Å². The van der Waals surface area contributed by atoms with Crippen molar-refractivity contribution in [3.8, 4) is 0 Å². The Balaban J connectivity index is 2.48. The first-order valence-electron chi connectivity index (χ1n) is 4.75. The molecule has 0 aliphatic carbocycles. The van der Waals surface area contributed by atoms with Crippen LogP contribution in [0.15, 0.2) is 48.6 Å². The Morgan fingerprint density at radius 3 is 2.67 bits per heavy atom. The molecule has 0 fully saturated rings. The fraction of sp³-hybridized carbons (Fsp3) is 0.154. The third kappa shape index (κ3) is 4.93. The largest absolute Gasteiger partial charge is 0.381 e. The molecule has 0 atom stereocenters. The number of benzene rings is 1. The Morgan fingerprint density at radius 2 is 2.00 bits per heavy atom.